The van der Waals surface area contributed by atoms with E-state index in [0.717, 1.165) is 37.4 Å². The van der Waals surface area contributed by atoms with Gasteiger partial charge >= 0.3 is 0 Å². The largest absolute Gasteiger partial charge is 0.389 e. The number of aliphatic hydroxyl groups is 1. The van der Waals surface area contributed by atoms with Crippen LogP contribution >= 0.6 is 0 Å². The van der Waals surface area contributed by atoms with Crippen molar-refractivity contribution in [2.45, 2.75) is 57.7 Å². The smallest absolute Gasteiger partial charge is 0.165 e. The highest BCUT2D eigenvalue weighted by Gasteiger charge is 2.33. The summed E-state index contributed by atoms with van der Waals surface area (Å²) in [5, 5.41) is 22.9. The Morgan fingerprint density at radius 2 is 1.96 bits per heavy atom. The lowest BCUT2D eigenvalue weighted by Gasteiger charge is -2.38. The first kappa shape index (κ1) is 17.0. The summed E-state index contributed by atoms with van der Waals surface area (Å²) in [6, 6.07) is 5.84. The van der Waals surface area contributed by atoms with Gasteiger partial charge in [-0.25, -0.2) is 4.68 Å². The second-order valence-corrected chi connectivity index (χ2v) is 7.68. The number of likely N-dealkylation sites (tertiary alicyclic amines) is 1. The van der Waals surface area contributed by atoms with Crippen molar-refractivity contribution in [3.8, 4) is 0 Å². The van der Waals surface area contributed by atoms with E-state index in [1.807, 2.05) is 22.9 Å². The number of piperidine rings is 1. The molecule has 130 valence electrons. The van der Waals surface area contributed by atoms with Crippen LogP contribution in [-0.2, 0) is 18.5 Å². The second kappa shape index (κ2) is 6.57. The highest BCUT2D eigenvalue weighted by atomic mass is 16.3. The highest BCUT2D eigenvalue weighted by Crippen LogP contribution is 2.26. The van der Waals surface area contributed by atoms with E-state index in [1.165, 1.54) is 0 Å². The molecule has 0 bridgehead atoms. The van der Waals surface area contributed by atoms with Gasteiger partial charge in [0.15, 0.2) is 5.82 Å². The molecule has 3 heterocycles. The summed E-state index contributed by atoms with van der Waals surface area (Å²) >= 11 is 0. The van der Waals surface area contributed by atoms with Crippen molar-refractivity contribution in [2.24, 2.45) is 0 Å². The SMILES string of the molecule is CC(C)(C)n1nnnc1CN1CCC(O)(Cc2ccccn2)CC1. The van der Waals surface area contributed by atoms with Gasteiger partial charge in [-0.3, -0.25) is 9.88 Å². The maximum atomic E-state index is 10.8. The van der Waals surface area contributed by atoms with Crippen LogP contribution in [0.25, 0.3) is 0 Å². The van der Waals surface area contributed by atoms with Crippen LogP contribution in [0.2, 0.25) is 0 Å². The Morgan fingerprint density at radius 1 is 1.21 bits per heavy atom. The molecule has 0 aliphatic carbocycles. The van der Waals surface area contributed by atoms with Gasteiger partial charge < -0.3 is 5.11 Å². The fourth-order valence-corrected chi connectivity index (χ4v) is 3.17. The van der Waals surface area contributed by atoms with Gasteiger partial charge in [0.25, 0.3) is 0 Å². The molecular weight excluding hydrogens is 304 g/mol. The van der Waals surface area contributed by atoms with E-state index in [-0.39, 0.29) is 5.54 Å². The Balaban J connectivity index is 1.59. The molecule has 24 heavy (non-hydrogen) atoms. The predicted molar refractivity (Wildman–Crippen MR) is 90.2 cm³/mol. The summed E-state index contributed by atoms with van der Waals surface area (Å²) in [4.78, 5) is 6.64. The Bertz CT molecular complexity index is 655. The Hall–Kier alpha value is -1.86. The minimum atomic E-state index is -0.666. The zero-order valence-electron chi connectivity index (χ0n) is 14.7. The molecule has 1 saturated heterocycles. The molecule has 1 N–H and O–H groups in total. The Morgan fingerprint density at radius 3 is 2.58 bits per heavy atom. The van der Waals surface area contributed by atoms with Crippen molar-refractivity contribution in [1.82, 2.24) is 30.1 Å². The van der Waals surface area contributed by atoms with Crippen LogP contribution in [0.1, 0.15) is 45.1 Å². The molecule has 0 unspecified atom stereocenters. The zero-order chi connectivity index (χ0) is 17.2. The molecular formula is C17H26N6O. The van der Waals surface area contributed by atoms with Crippen molar-refractivity contribution in [1.29, 1.82) is 0 Å². The van der Waals surface area contributed by atoms with E-state index >= 15 is 0 Å². The van der Waals surface area contributed by atoms with Gasteiger partial charge in [0, 0.05) is 31.4 Å². The van der Waals surface area contributed by atoms with Crippen molar-refractivity contribution >= 4 is 0 Å². The molecule has 0 spiro atoms. The molecule has 0 saturated carbocycles. The van der Waals surface area contributed by atoms with E-state index in [1.54, 1.807) is 6.20 Å². The predicted octanol–water partition coefficient (Wildman–Crippen LogP) is 1.39. The van der Waals surface area contributed by atoms with Crippen LogP contribution in [0.5, 0.6) is 0 Å². The highest BCUT2D eigenvalue weighted by molar-refractivity contribution is 5.08. The standard InChI is InChI=1S/C17H26N6O/c1-16(2,3)23-15(19-20-21-23)13-22-10-7-17(24,8-11-22)12-14-6-4-5-9-18-14/h4-6,9,24H,7-8,10-13H2,1-3H3. The van der Waals surface area contributed by atoms with Crippen LogP contribution < -0.4 is 0 Å². The molecule has 7 heteroatoms. The molecule has 1 fully saturated rings. The monoisotopic (exact) mass is 330 g/mol. The molecule has 0 amide bonds. The second-order valence-electron chi connectivity index (χ2n) is 7.68. The summed E-state index contributed by atoms with van der Waals surface area (Å²) in [7, 11) is 0. The van der Waals surface area contributed by atoms with Gasteiger partial charge in [-0.2, -0.15) is 0 Å². The minimum absolute atomic E-state index is 0.131. The first-order valence-electron chi connectivity index (χ1n) is 8.48. The fourth-order valence-electron chi connectivity index (χ4n) is 3.17. The van der Waals surface area contributed by atoms with E-state index < -0.39 is 5.60 Å². The Kier molecular flexibility index (Phi) is 4.64. The van der Waals surface area contributed by atoms with E-state index in [0.29, 0.717) is 13.0 Å². The molecule has 0 radical (unpaired) electrons. The third-order valence-electron chi connectivity index (χ3n) is 4.56. The molecule has 2 aromatic heterocycles. The van der Waals surface area contributed by atoms with Gasteiger partial charge in [-0.05, 0) is 56.2 Å². The van der Waals surface area contributed by atoms with Gasteiger partial charge in [-0.1, -0.05) is 6.07 Å². The topological polar surface area (TPSA) is 80.0 Å². The molecule has 3 rings (SSSR count). The first-order valence-corrected chi connectivity index (χ1v) is 8.48. The van der Waals surface area contributed by atoms with Crippen LogP contribution in [0, 0.1) is 0 Å². The average Bonchev–Trinajstić information content (AvgIpc) is 2.99. The number of rotatable bonds is 4. The minimum Gasteiger partial charge on any atom is -0.389 e. The van der Waals surface area contributed by atoms with Crippen LogP contribution in [-0.4, -0.2) is 53.9 Å². The molecule has 0 atom stereocenters. The number of hydrogen-bond donors (Lipinski definition) is 1. The van der Waals surface area contributed by atoms with Crippen molar-refractivity contribution in [2.75, 3.05) is 13.1 Å². The summed E-state index contributed by atoms with van der Waals surface area (Å²) in [6.07, 6.45) is 3.86. The third-order valence-corrected chi connectivity index (χ3v) is 4.56. The quantitative estimate of drug-likeness (QED) is 0.912. The average molecular weight is 330 g/mol. The van der Waals surface area contributed by atoms with Crippen molar-refractivity contribution in [3.63, 3.8) is 0 Å². The lowest BCUT2D eigenvalue weighted by atomic mass is 9.87. The molecule has 0 aromatic carbocycles. The number of pyridine rings is 1. The molecule has 2 aromatic rings. The number of nitrogens with zero attached hydrogens (tertiary/aromatic N) is 6. The van der Waals surface area contributed by atoms with Crippen LogP contribution in [0.3, 0.4) is 0 Å². The van der Waals surface area contributed by atoms with Gasteiger partial charge in [0.1, 0.15) is 0 Å². The van der Waals surface area contributed by atoms with E-state index in [4.69, 9.17) is 0 Å². The number of tetrazole rings is 1. The summed E-state index contributed by atoms with van der Waals surface area (Å²) < 4.78 is 1.88. The van der Waals surface area contributed by atoms with Gasteiger partial charge in [-0.15, -0.1) is 5.10 Å². The molecule has 1 aliphatic rings. The maximum Gasteiger partial charge on any atom is 0.165 e. The van der Waals surface area contributed by atoms with E-state index in [9.17, 15) is 5.11 Å². The first-order chi connectivity index (χ1) is 11.4. The Labute approximate surface area is 142 Å². The van der Waals surface area contributed by atoms with Crippen molar-refractivity contribution < 1.29 is 5.11 Å². The fraction of sp³-hybridized carbons (Fsp3) is 0.647. The number of aromatic nitrogens is 5. The maximum absolute atomic E-state index is 10.8. The lowest BCUT2D eigenvalue weighted by Crippen LogP contribution is -2.46. The lowest BCUT2D eigenvalue weighted by molar-refractivity contribution is -0.0241. The van der Waals surface area contributed by atoms with Crippen LogP contribution in [0.4, 0.5) is 0 Å². The third kappa shape index (κ3) is 3.96. The van der Waals surface area contributed by atoms with Gasteiger partial charge in [0.2, 0.25) is 0 Å². The summed E-state index contributed by atoms with van der Waals surface area (Å²) in [6.45, 7) is 8.66. The van der Waals surface area contributed by atoms with E-state index in [2.05, 4.69) is 46.2 Å². The normalized spacial score (nSPS) is 18.7. The number of hydrogen-bond acceptors (Lipinski definition) is 6. The van der Waals surface area contributed by atoms with Gasteiger partial charge in [0.05, 0.1) is 17.7 Å². The van der Waals surface area contributed by atoms with Crippen molar-refractivity contribution in [3.05, 3.63) is 35.9 Å². The summed E-state index contributed by atoms with van der Waals surface area (Å²) in [5.74, 6) is 0.873. The van der Waals surface area contributed by atoms with Crippen LogP contribution in [0.15, 0.2) is 24.4 Å². The summed E-state index contributed by atoms with van der Waals surface area (Å²) in [5.41, 5.74) is 0.153. The zero-order valence-corrected chi connectivity index (χ0v) is 14.7. The molecule has 1 aliphatic heterocycles. The molecule has 7 nitrogen and oxygen atoms in total.